The number of halogens is 2. The summed E-state index contributed by atoms with van der Waals surface area (Å²) in [6.07, 6.45) is 2.50. The lowest BCUT2D eigenvalue weighted by Crippen LogP contribution is -2.37. The number of hydrogen-bond donors (Lipinski definition) is 1. The number of benzene rings is 1. The van der Waals surface area contributed by atoms with Gasteiger partial charge in [0.05, 0.1) is 5.02 Å². The average Bonchev–Trinajstić information content (AvgIpc) is 2.25. The molecule has 0 saturated carbocycles. The van der Waals surface area contributed by atoms with Crippen molar-refractivity contribution < 1.29 is 4.74 Å². The lowest BCUT2D eigenvalue weighted by Gasteiger charge is -2.24. The van der Waals surface area contributed by atoms with Gasteiger partial charge in [0.25, 0.3) is 0 Å². The first-order valence-corrected chi connectivity index (χ1v) is 6.25. The van der Waals surface area contributed by atoms with Gasteiger partial charge in [0.15, 0.2) is 0 Å². The minimum Gasteiger partial charge on any atom is -0.488 e. The monoisotopic (exact) mass is 289 g/mol. The van der Waals surface area contributed by atoms with Crippen LogP contribution in [-0.4, -0.2) is 19.2 Å². The molecule has 0 aliphatic carbocycles. The summed E-state index contributed by atoms with van der Waals surface area (Å²) in [5.74, 6) is 0.764. The molecule has 1 N–H and O–H groups in total. The molecule has 2 rings (SSSR count). The van der Waals surface area contributed by atoms with Crippen LogP contribution in [0.2, 0.25) is 5.02 Å². The molecule has 1 unspecified atom stereocenters. The molecule has 1 aliphatic heterocycles. The van der Waals surface area contributed by atoms with Crippen LogP contribution in [0.15, 0.2) is 22.7 Å². The maximum atomic E-state index is 6.05. The smallest absolute Gasteiger partial charge is 0.139 e. The first-order valence-electron chi connectivity index (χ1n) is 5.08. The molecule has 1 aromatic carbocycles. The SMILES string of the molecule is Clc1ccc(Br)cc1OC1CCCNC1. The van der Waals surface area contributed by atoms with Gasteiger partial charge in [-0.3, -0.25) is 0 Å². The van der Waals surface area contributed by atoms with Gasteiger partial charge in [-0.25, -0.2) is 0 Å². The molecule has 2 nitrogen and oxygen atoms in total. The van der Waals surface area contributed by atoms with Crippen molar-refractivity contribution in [2.75, 3.05) is 13.1 Å². The Bertz CT molecular complexity index is 339. The van der Waals surface area contributed by atoms with E-state index >= 15 is 0 Å². The van der Waals surface area contributed by atoms with E-state index in [1.165, 1.54) is 0 Å². The zero-order valence-corrected chi connectivity index (χ0v) is 10.6. The predicted molar refractivity (Wildman–Crippen MR) is 65.7 cm³/mol. The Morgan fingerprint density at radius 1 is 1.47 bits per heavy atom. The average molecular weight is 291 g/mol. The predicted octanol–water partition coefficient (Wildman–Crippen LogP) is 3.23. The molecule has 0 radical (unpaired) electrons. The highest BCUT2D eigenvalue weighted by molar-refractivity contribution is 9.10. The van der Waals surface area contributed by atoms with E-state index in [2.05, 4.69) is 21.2 Å². The maximum Gasteiger partial charge on any atom is 0.139 e. The lowest BCUT2D eigenvalue weighted by atomic mass is 10.1. The molecule has 0 amide bonds. The van der Waals surface area contributed by atoms with E-state index in [4.69, 9.17) is 16.3 Å². The van der Waals surface area contributed by atoms with Crippen LogP contribution < -0.4 is 10.1 Å². The maximum absolute atomic E-state index is 6.05. The van der Waals surface area contributed by atoms with Gasteiger partial charge < -0.3 is 10.1 Å². The van der Waals surface area contributed by atoms with Crippen LogP contribution in [0.25, 0.3) is 0 Å². The highest BCUT2D eigenvalue weighted by atomic mass is 79.9. The quantitative estimate of drug-likeness (QED) is 0.903. The van der Waals surface area contributed by atoms with Crippen LogP contribution in [0, 0.1) is 0 Å². The van der Waals surface area contributed by atoms with Crippen LogP contribution >= 0.6 is 27.5 Å². The molecule has 0 aromatic heterocycles. The van der Waals surface area contributed by atoms with Gasteiger partial charge in [-0.15, -0.1) is 0 Å². The molecule has 1 heterocycles. The highest BCUT2D eigenvalue weighted by Gasteiger charge is 2.15. The molecule has 1 saturated heterocycles. The van der Waals surface area contributed by atoms with Crippen molar-refractivity contribution in [3.05, 3.63) is 27.7 Å². The highest BCUT2D eigenvalue weighted by Crippen LogP contribution is 2.29. The number of hydrogen-bond acceptors (Lipinski definition) is 2. The minimum atomic E-state index is 0.241. The van der Waals surface area contributed by atoms with Crippen molar-refractivity contribution >= 4 is 27.5 Å². The van der Waals surface area contributed by atoms with Gasteiger partial charge in [-0.05, 0) is 37.6 Å². The number of piperidine rings is 1. The normalized spacial score (nSPS) is 21.3. The molecule has 1 aliphatic rings. The summed E-state index contributed by atoms with van der Waals surface area (Å²) >= 11 is 9.46. The minimum absolute atomic E-state index is 0.241. The van der Waals surface area contributed by atoms with E-state index < -0.39 is 0 Å². The zero-order chi connectivity index (χ0) is 10.7. The Morgan fingerprint density at radius 3 is 3.07 bits per heavy atom. The largest absolute Gasteiger partial charge is 0.488 e. The van der Waals surface area contributed by atoms with Gasteiger partial charge >= 0.3 is 0 Å². The Balaban J connectivity index is 2.05. The summed E-state index contributed by atoms with van der Waals surface area (Å²) in [5.41, 5.74) is 0. The fraction of sp³-hybridized carbons (Fsp3) is 0.455. The molecule has 82 valence electrons. The van der Waals surface area contributed by atoms with Crippen LogP contribution in [0.5, 0.6) is 5.75 Å². The van der Waals surface area contributed by atoms with Crippen molar-refractivity contribution in [1.82, 2.24) is 5.32 Å². The zero-order valence-electron chi connectivity index (χ0n) is 8.30. The van der Waals surface area contributed by atoms with Crippen LogP contribution in [0.1, 0.15) is 12.8 Å². The number of rotatable bonds is 2. The third kappa shape index (κ3) is 3.10. The Kier molecular flexibility index (Phi) is 3.89. The van der Waals surface area contributed by atoms with E-state index in [9.17, 15) is 0 Å². The molecule has 1 fully saturated rings. The Morgan fingerprint density at radius 2 is 2.33 bits per heavy atom. The van der Waals surface area contributed by atoms with E-state index in [1.54, 1.807) is 0 Å². The molecule has 4 heteroatoms. The van der Waals surface area contributed by atoms with Crippen LogP contribution in [-0.2, 0) is 0 Å². The summed E-state index contributed by atoms with van der Waals surface area (Å²) < 4.78 is 6.83. The van der Waals surface area contributed by atoms with E-state index in [0.717, 1.165) is 36.2 Å². The third-order valence-corrected chi connectivity index (χ3v) is 3.24. The topological polar surface area (TPSA) is 21.3 Å². The molecule has 1 aromatic rings. The Labute approximate surface area is 103 Å². The number of ether oxygens (including phenoxy) is 1. The lowest BCUT2D eigenvalue weighted by molar-refractivity contribution is 0.167. The second kappa shape index (κ2) is 5.19. The van der Waals surface area contributed by atoms with Gasteiger partial charge in [-0.1, -0.05) is 27.5 Å². The first kappa shape index (κ1) is 11.2. The van der Waals surface area contributed by atoms with Crippen molar-refractivity contribution in [2.45, 2.75) is 18.9 Å². The summed E-state index contributed by atoms with van der Waals surface area (Å²) in [7, 11) is 0. The fourth-order valence-electron chi connectivity index (χ4n) is 1.67. The summed E-state index contributed by atoms with van der Waals surface area (Å²) in [6.45, 7) is 1.99. The van der Waals surface area contributed by atoms with Gasteiger partial charge in [0.2, 0.25) is 0 Å². The molecule has 15 heavy (non-hydrogen) atoms. The van der Waals surface area contributed by atoms with E-state index in [0.29, 0.717) is 5.02 Å². The standard InChI is InChI=1S/C11H13BrClNO/c12-8-3-4-10(13)11(6-8)15-9-2-1-5-14-7-9/h3-4,6,9,14H,1-2,5,7H2. The van der Waals surface area contributed by atoms with E-state index in [1.807, 2.05) is 18.2 Å². The van der Waals surface area contributed by atoms with Gasteiger partial charge in [0.1, 0.15) is 11.9 Å². The number of nitrogens with one attached hydrogen (secondary N) is 1. The van der Waals surface area contributed by atoms with Gasteiger partial charge in [0, 0.05) is 11.0 Å². The fourth-order valence-corrected chi connectivity index (χ4v) is 2.17. The van der Waals surface area contributed by atoms with Crippen molar-refractivity contribution in [2.24, 2.45) is 0 Å². The van der Waals surface area contributed by atoms with E-state index in [-0.39, 0.29) is 6.10 Å². The van der Waals surface area contributed by atoms with Gasteiger partial charge in [-0.2, -0.15) is 0 Å². The second-order valence-corrected chi connectivity index (χ2v) is 4.98. The molecule has 0 spiro atoms. The van der Waals surface area contributed by atoms with Crippen LogP contribution in [0.3, 0.4) is 0 Å². The van der Waals surface area contributed by atoms with Crippen molar-refractivity contribution in [3.8, 4) is 5.75 Å². The Hall–Kier alpha value is -0.250. The first-order chi connectivity index (χ1) is 7.25. The molecular weight excluding hydrogens is 277 g/mol. The molecule has 1 atom stereocenters. The molecule has 0 bridgehead atoms. The molecular formula is C11H13BrClNO. The van der Waals surface area contributed by atoms with Crippen molar-refractivity contribution in [1.29, 1.82) is 0 Å². The second-order valence-electron chi connectivity index (χ2n) is 3.66. The van der Waals surface area contributed by atoms with Crippen molar-refractivity contribution in [3.63, 3.8) is 0 Å². The summed E-state index contributed by atoms with van der Waals surface area (Å²) in [6, 6.07) is 5.67. The summed E-state index contributed by atoms with van der Waals surface area (Å²) in [5, 5.41) is 3.98. The van der Waals surface area contributed by atoms with Crippen LogP contribution in [0.4, 0.5) is 0 Å². The summed E-state index contributed by atoms with van der Waals surface area (Å²) in [4.78, 5) is 0. The third-order valence-electron chi connectivity index (χ3n) is 2.44.